The lowest BCUT2D eigenvalue weighted by molar-refractivity contribution is -0.141. The Kier molecular flexibility index (Phi) is 5.29. The second kappa shape index (κ2) is 8.28. The van der Waals surface area contributed by atoms with Gasteiger partial charge in [0.2, 0.25) is 12.7 Å². The van der Waals surface area contributed by atoms with Crippen LogP contribution in [0.1, 0.15) is 22.8 Å². The van der Waals surface area contributed by atoms with E-state index in [4.69, 9.17) is 18.9 Å². The average molecular weight is 468 g/mol. The number of fused-ring (bicyclic) bond motifs is 2. The summed E-state index contributed by atoms with van der Waals surface area (Å²) >= 11 is 1.02. The van der Waals surface area contributed by atoms with Gasteiger partial charge in [-0.1, -0.05) is 17.4 Å². The monoisotopic (exact) mass is 468 g/mol. The molecular formula is C23H20N2O7S. The van der Waals surface area contributed by atoms with Gasteiger partial charge in [-0.05, 0) is 42.0 Å². The average Bonchev–Trinajstić information content (AvgIpc) is 3.43. The van der Waals surface area contributed by atoms with Crippen LogP contribution < -0.4 is 24.0 Å². The Bertz CT molecular complexity index is 1300. The highest BCUT2D eigenvalue weighted by Crippen LogP contribution is 2.46. The van der Waals surface area contributed by atoms with E-state index in [0.717, 1.165) is 16.9 Å². The van der Waals surface area contributed by atoms with Crippen molar-refractivity contribution in [2.45, 2.75) is 18.9 Å². The van der Waals surface area contributed by atoms with Crippen LogP contribution in [-0.4, -0.2) is 37.5 Å². The smallest absolute Gasteiger partial charge is 0.325 e. The molecule has 0 saturated carbocycles. The first-order valence-electron chi connectivity index (χ1n) is 10.2. The standard InChI is InChI=1S/C23H20N2O7S/c1-29-15-6-4-14(5-7-15)25-19(26)10-16(13-3-8-17-18(9-13)32-12-31-17)21-22(25)24(23(28)33-21)11-20(27)30-2/h3-9,16H,10-12H2,1-2H3. The van der Waals surface area contributed by atoms with Crippen LogP contribution in [0.2, 0.25) is 0 Å². The molecule has 1 amide bonds. The van der Waals surface area contributed by atoms with Crippen molar-refractivity contribution in [2.24, 2.45) is 0 Å². The van der Waals surface area contributed by atoms with Crippen molar-refractivity contribution >= 4 is 34.7 Å². The van der Waals surface area contributed by atoms with Crippen LogP contribution in [-0.2, 0) is 20.9 Å². The molecule has 9 nitrogen and oxygen atoms in total. The number of methoxy groups -OCH3 is 2. The van der Waals surface area contributed by atoms with Gasteiger partial charge in [-0.15, -0.1) is 0 Å². The maximum atomic E-state index is 13.5. The maximum Gasteiger partial charge on any atom is 0.325 e. The molecule has 0 saturated heterocycles. The number of carbonyl (C=O) groups is 2. The number of nitrogens with zero attached hydrogens (tertiary/aromatic N) is 2. The number of hydrogen-bond acceptors (Lipinski definition) is 8. The Balaban J connectivity index is 1.66. The van der Waals surface area contributed by atoms with Crippen molar-refractivity contribution in [1.82, 2.24) is 4.57 Å². The molecule has 33 heavy (non-hydrogen) atoms. The first-order chi connectivity index (χ1) is 16.0. The number of carbonyl (C=O) groups excluding carboxylic acids is 2. The highest BCUT2D eigenvalue weighted by molar-refractivity contribution is 7.10. The van der Waals surface area contributed by atoms with Gasteiger partial charge in [0.15, 0.2) is 11.5 Å². The summed E-state index contributed by atoms with van der Waals surface area (Å²) in [5.74, 6) is 1.10. The second-order valence-corrected chi connectivity index (χ2v) is 8.51. The fraction of sp³-hybridized carbons (Fsp3) is 0.261. The van der Waals surface area contributed by atoms with E-state index in [1.54, 1.807) is 37.4 Å². The molecule has 0 N–H and O–H groups in total. The molecule has 3 heterocycles. The molecule has 1 unspecified atom stereocenters. The topological polar surface area (TPSA) is 96.3 Å². The van der Waals surface area contributed by atoms with Gasteiger partial charge in [0.1, 0.15) is 18.1 Å². The summed E-state index contributed by atoms with van der Waals surface area (Å²) in [7, 11) is 2.82. The molecule has 2 aliphatic rings. The molecule has 0 fully saturated rings. The second-order valence-electron chi connectivity index (χ2n) is 7.51. The van der Waals surface area contributed by atoms with Gasteiger partial charge in [0.05, 0.1) is 24.8 Å². The summed E-state index contributed by atoms with van der Waals surface area (Å²) in [5, 5.41) is 0. The molecule has 2 aliphatic heterocycles. The molecule has 5 rings (SSSR count). The summed E-state index contributed by atoms with van der Waals surface area (Å²) in [5.41, 5.74) is 1.40. The Morgan fingerprint density at radius 2 is 1.85 bits per heavy atom. The normalized spacial score (nSPS) is 16.5. The minimum absolute atomic E-state index is 0.141. The minimum Gasteiger partial charge on any atom is -0.497 e. The number of rotatable bonds is 5. The predicted octanol–water partition coefficient (Wildman–Crippen LogP) is 3.02. The van der Waals surface area contributed by atoms with Crippen LogP contribution in [0.4, 0.5) is 11.5 Å². The highest BCUT2D eigenvalue weighted by Gasteiger charge is 2.39. The van der Waals surface area contributed by atoms with Gasteiger partial charge in [0, 0.05) is 12.3 Å². The van der Waals surface area contributed by atoms with Crippen molar-refractivity contribution in [3.8, 4) is 17.2 Å². The summed E-state index contributed by atoms with van der Waals surface area (Å²) < 4.78 is 22.2. The fourth-order valence-electron chi connectivity index (χ4n) is 4.08. The van der Waals surface area contributed by atoms with Gasteiger partial charge >= 0.3 is 10.8 Å². The Hall–Kier alpha value is -3.79. The van der Waals surface area contributed by atoms with Crippen molar-refractivity contribution in [3.05, 3.63) is 62.6 Å². The lowest BCUT2D eigenvalue weighted by Gasteiger charge is -2.32. The summed E-state index contributed by atoms with van der Waals surface area (Å²) in [6, 6.07) is 12.5. The van der Waals surface area contributed by atoms with Crippen molar-refractivity contribution < 1.29 is 28.5 Å². The van der Waals surface area contributed by atoms with E-state index in [9.17, 15) is 14.4 Å². The van der Waals surface area contributed by atoms with E-state index in [-0.39, 0.29) is 36.5 Å². The molecule has 0 bridgehead atoms. The highest BCUT2D eigenvalue weighted by atomic mass is 32.1. The Labute approximate surface area is 192 Å². The number of amides is 1. The third-order valence-corrected chi connectivity index (χ3v) is 6.78. The van der Waals surface area contributed by atoms with E-state index in [1.807, 2.05) is 12.1 Å². The third kappa shape index (κ3) is 3.62. The summed E-state index contributed by atoms with van der Waals surface area (Å²) in [6.07, 6.45) is 0.150. The lowest BCUT2D eigenvalue weighted by atomic mass is 9.90. The maximum absolute atomic E-state index is 13.5. The van der Waals surface area contributed by atoms with E-state index in [0.29, 0.717) is 33.6 Å². The number of thiazole rings is 1. The van der Waals surface area contributed by atoms with Gasteiger partial charge in [-0.25, -0.2) is 0 Å². The van der Waals surface area contributed by atoms with E-state index in [1.165, 1.54) is 16.6 Å². The van der Waals surface area contributed by atoms with Crippen LogP contribution in [0, 0.1) is 0 Å². The van der Waals surface area contributed by atoms with Crippen molar-refractivity contribution in [3.63, 3.8) is 0 Å². The molecule has 0 aliphatic carbocycles. The van der Waals surface area contributed by atoms with Crippen molar-refractivity contribution in [2.75, 3.05) is 25.9 Å². The molecule has 0 spiro atoms. The minimum atomic E-state index is -0.579. The third-order valence-electron chi connectivity index (χ3n) is 5.69. The van der Waals surface area contributed by atoms with Gasteiger partial charge in [0.25, 0.3) is 0 Å². The van der Waals surface area contributed by atoms with Gasteiger partial charge < -0.3 is 18.9 Å². The van der Waals surface area contributed by atoms with Crippen molar-refractivity contribution in [1.29, 1.82) is 0 Å². The zero-order chi connectivity index (χ0) is 23.1. The molecule has 2 aromatic carbocycles. The van der Waals surface area contributed by atoms with E-state index >= 15 is 0 Å². The Morgan fingerprint density at radius 1 is 1.09 bits per heavy atom. The molecular weight excluding hydrogens is 448 g/mol. The number of benzene rings is 2. The molecule has 10 heteroatoms. The number of esters is 1. The largest absolute Gasteiger partial charge is 0.497 e. The SMILES string of the molecule is COC(=O)Cn1c2c(sc1=O)C(c1ccc3c(c1)OCO3)CC(=O)N2c1ccc(OC)cc1. The summed E-state index contributed by atoms with van der Waals surface area (Å²) in [6.45, 7) is -0.156. The zero-order valence-electron chi connectivity index (χ0n) is 17.9. The number of ether oxygens (including phenoxy) is 4. The fourth-order valence-corrected chi connectivity index (χ4v) is 5.18. The van der Waals surface area contributed by atoms with Crippen LogP contribution >= 0.6 is 11.3 Å². The lowest BCUT2D eigenvalue weighted by Crippen LogP contribution is -2.36. The molecule has 170 valence electrons. The molecule has 1 aromatic heterocycles. The predicted molar refractivity (Wildman–Crippen MR) is 120 cm³/mol. The molecule has 0 radical (unpaired) electrons. The number of aromatic nitrogens is 1. The van der Waals surface area contributed by atoms with E-state index in [2.05, 4.69) is 0 Å². The van der Waals surface area contributed by atoms with Crippen LogP contribution in [0.5, 0.6) is 17.2 Å². The van der Waals surface area contributed by atoms with Crippen LogP contribution in [0.25, 0.3) is 0 Å². The first-order valence-corrected chi connectivity index (χ1v) is 11.0. The van der Waals surface area contributed by atoms with E-state index < -0.39 is 5.97 Å². The summed E-state index contributed by atoms with van der Waals surface area (Å²) in [4.78, 5) is 40.3. The van der Waals surface area contributed by atoms with Gasteiger partial charge in [-0.3, -0.25) is 23.9 Å². The quantitative estimate of drug-likeness (QED) is 0.531. The number of anilines is 2. The van der Waals surface area contributed by atoms with Crippen LogP contribution in [0.3, 0.4) is 0 Å². The first kappa shape index (κ1) is 21.1. The van der Waals surface area contributed by atoms with Gasteiger partial charge in [-0.2, -0.15) is 0 Å². The van der Waals surface area contributed by atoms with Crippen LogP contribution in [0.15, 0.2) is 47.3 Å². The molecule has 1 atom stereocenters. The molecule has 3 aromatic rings. The number of hydrogen-bond donors (Lipinski definition) is 0. The Morgan fingerprint density at radius 3 is 2.58 bits per heavy atom. The zero-order valence-corrected chi connectivity index (χ0v) is 18.7.